The van der Waals surface area contributed by atoms with Crippen LogP contribution in [0.3, 0.4) is 0 Å². The van der Waals surface area contributed by atoms with E-state index in [0.717, 1.165) is 41.3 Å². The number of aromatic nitrogens is 2. The Hall–Kier alpha value is -3.25. The SMILES string of the molecule is NOOSc1ccc(NC(=S)NC(CCCCN(Cc2ccccn2)Cc2ccccn2)C(=O)O)cc1.[C-]#[O+].[C-]#[O+].[C-]#[O+].[Re]. The number of unbranched alkanes of at least 4 members (excludes halogenated alkanes) is 1. The van der Waals surface area contributed by atoms with Crippen LogP contribution in [0.4, 0.5) is 5.69 Å². The van der Waals surface area contributed by atoms with Crippen molar-refractivity contribution in [1.82, 2.24) is 20.2 Å². The molecule has 0 saturated heterocycles. The molecule has 16 heteroatoms. The van der Waals surface area contributed by atoms with Gasteiger partial charge in [0.2, 0.25) is 0 Å². The summed E-state index contributed by atoms with van der Waals surface area (Å²) in [5.41, 5.74) is 2.66. The Bertz CT molecular complexity index is 1180. The van der Waals surface area contributed by atoms with E-state index < -0.39 is 12.0 Å². The molecule has 0 bridgehead atoms. The van der Waals surface area contributed by atoms with Crippen molar-refractivity contribution in [3.8, 4) is 0 Å². The van der Waals surface area contributed by atoms with Gasteiger partial charge in [0.1, 0.15) is 6.04 Å². The van der Waals surface area contributed by atoms with Crippen LogP contribution >= 0.6 is 24.3 Å². The van der Waals surface area contributed by atoms with E-state index in [4.69, 9.17) is 32.1 Å². The quantitative estimate of drug-likeness (QED) is 0.0331. The number of benzene rings is 1. The van der Waals surface area contributed by atoms with Crippen molar-refractivity contribution in [2.45, 2.75) is 43.3 Å². The molecule has 1 unspecified atom stereocenters. The van der Waals surface area contributed by atoms with Gasteiger partial charge in [0.05, 0.1) is 23.4 Å². The fraction of sp³-hybridized carbons (Fsp3) is 0.250. The Balaban J connectivity index is 0. The molecule has 233 valence electrons. The molecule has 5 N–H and O–H groups in total. The first-order chi connectivity index (χ1) is 21.0. The Morgan fingerprint density at radius 2 is 1.50 bits per heavy atom. The minimum atomic E-state index is -0.950. The Labute approximate surface area is 279 Å². The fourth-order valence-corrected chi connectivity index (χ4v) is 4.20. The number of anilines is 1. The van der Waals surface area contributed by atoms with Crippen LogP contribution in [0, 0.1) is 20.0 Å². The third-order valence-corrected chi connectivity index (χ3v) is 6.16. The molecule has 0 saturated carbocycles. The maximum Gasteiger partial charge on any atom is 0 e. The zero-order valence-electron chi connectivity index (χ0n) is 23.3. The Morgan fingerprint density at radius 1 is 0.955 bits per heavy atom. The standard InChI is InChI=1S/C25H30N6O4S2.3CO.Re/c26-34-35-37-22-12-10-19(11-13-22)29-25(36)30-23(24(32)33)9-3-6-16-31(17-20-7-1-4-14-27-20)18-21-8-2-5-15-28-21;3*1-2;/h1-2,4-5,7-8,10-15,23H,3,6,9,16-18,26H2,(H,32,33)(H2,29,30,36);;;;. The van der Waals surface area contributed by atoms with Crippen molar-refractivity contribution in [3.05, 3.63) is 104 Å². The summed E-state index contributed by atoms with van der Waals surface area (Å²) < 4.78 is 27.1. The largest absolute Gasteiger partial charge is 0 e. The van der Waals surface area contributed by atoms with E-state index in [9.17, 15) is 9.90 Å². The zero-order chi connectivity index (χ0) is 32.3. The molecule has 44 heavy (non-hydrogen) atoms. The average Bonchev–Trinajstić information content (AvgIpc) is 3.06. The topological polar surface area (TPSA) is 195 Å². The summed E-state index contributed by atoms with van der Waals surface area (Å²) in [5.74, 6) is 3.88. The molecule has 1 atom stereocenters. The first-order valence-corrected chi connectivity index (χ1v) is 13.4. The molecule has 0 amide bonds. The minimum Gasteiger partial charge on any atom is 0 e. The number of hydrogen-bond donors (Lipinski definition) is 4. The molecule has 0 aliphatic heterocycles. The van der Waals surface area contributed by atoms with E-state index in [0.29, 0.717) is 31.6 Å². The van der Waals surface area contributed by atoms with Crippen LogP contribution < -0.4 is 16.5 Å². The third kappa shape index (κ3) is 19.1. The van der Waals surface area contributed by atoms with E-state index >= 15 is 0 Å². The molecule has 0 aliphatic rings. The molecule has 0 aliphatic carbocycles. The van der Waals surface area contributed by atoms with Gasteiger partial charge in [-0.1, -0.05) is 12.1 Å². The van der Waals surface area contributed by atoms with Crippen LogP contribution in [0.15, 0.2) is 78.0 Å². The number of thiocarbonyl (C=S) groups is 1. The summed E-state index contributed by atoms with van der Waals surface area (Å²) in [6.45, 7) is 15.7. The van der Waals surface area contributed by atoms with E-state index in [-0.39, 0.29) is 25.5 Å². The number of hydrogen-bond acceptors (Lipinski definition) is 9. The van der Waals surface area contributed by atoms with Crippen molar-refractivity contribution in [2.75, 3.05) is 11.9 Å². The van der Waals surface area contributed by atoms with E-state index in [1.165, 1.54) is 0 Å². The predicted molar refractivity (Wildman–Crippen MR) is 158 cm³/mol. The molecule has 3 aromatic rings. The zero-order valence-corrected chi connectivity index (χ0v) is 27.6. The summed E-state index contributed by atoms with van der Waals surface area (Å²) in [6, 6.07) is 18.1. The number of carboxylic acids is 1. The van der Waals surface area contributed by atoms with Gasteiger partial charge in [-0.15, -0.1) is 9.32 Å². The van der Waals surface area contributed by atoms with Gasteiger partial charge in [-0.2, -0.15) is 5.90 Å². The third-order valence-electron chi connectivity index (χ3n) is 5.33. The molecule has 13 nitrogen and oxygen atoms in total. The van der Waals surface area contributed by atoms with Gasteiger partial charge < -0.3 is 15.7 Å². The number of nitrogens with one attached hydrogen (secondary N) is 2. The smallest absolute Gasteiger partial charge is 0 e. The first kappa shape index (κ1) is 42.9. The number of carboxylic acid groups (broad SMARTS) is 1. The number of nitrogens with zero attached hydrogens (tertiary/aromatic N) is 3. The van der Waals surface area contributed by atoms with Crippen LogP contribution in [0.2, 0.25) is 0 Å². The number of pyridine rings is 2. The molecule has 3 rings (SSSR count). The van der Waals surface area contributed by atoms with Gasteiger partial charge in [-0.3, -0.25) is 14.9 Å². The number of nitrogens with two attached hydrogens (primary N) is 1. The Morgan fingerprint density at radius 3 is 1.95 bits per heavy atom. The van der Waals surface area contributed by atoms with Crippen molar-refractivity contribution < 1.29 is 53.6 Å². The van der Waals surface area contributed by atoms with Gasteiger partial charge in [-0.05, 0) is 86.6 Å². The normalized spacial score (nSPS) is 10.0. The molecular weight excluding hydrogens is 783 g/mol. The van der Waals surface area contributed by atoms with Gasteiger partial charge in [0.25, 0.3) is 0 Å². The van der Waals surface area contributed by atoms with E-state index in [1.54, 1.807) is 36.7 Å². The molecular formula is C28H30N6O7ReS2. The fourth-order valence-electron chi connectivity index (χ4n) is 3.57. The molecule has 0 fully saturated rings. The van der Waals surface area contributed by atoms with Crippen LogP contribution in [0.5, 0.6) is 0 Å². The van der Waals surface area contributed by atoms with Crippen LogP contribution in [0.25, 0.3) is 0 Å². The second kappa shape index (κ2) is 28.5. The first-order valence-electron chi connectivity index (χ1n) is 12.3. The van der Waals surface area contributed by atoms with E-state index in [1.807, 2.05) is 36.4 Å². The second-order valence-corrected chi connectivity index (χ2v) is 9.29. The molecule has 0 spiro atoms. The molecule has 2 aromatic heterocycles. The van der Waals surface area contributed by atoms with Gasteiger partial charge >= 0.3 is 39.9 Å². The molecule has 1 radical (unpaired) electrons. The van der Waals surface area contributed by atoms with Crippen molar-refractivity contribution in [3.63, 3.8) is 0 Å². The monoisotopic (exact) mass is 813 g/mol. The maximum absolute atomic E-state index is 11.8. The van der Waals surface area contributed by atoms with Crippen LogP contribution in [-0.4, -0.2) is 43.6 Å². The van der Waals surface area contributed by atoms with Gasteiger partial charge in [0.15, 0.2) is 5.11 Å². The number of rotatable bonds is 15. The molecule has 1 aromatic carbocycles. The minimum absolute atomic E-state index is 0. The average molecular weight is 813 g/mol. The molecule has 2 heterocycles. The number of aliphatic carboxylic acids is 1. The predicted octanol–water partition coefficient (Wildman–Crippen LogP) is 3.80. The Kier molecular flexibility index (Phi) is 27.8. The van der Waals surface area contributed by atoms with Crippen LogP contribution in [-0.2, 0) is 61.6 Å². The van der Waals surface area contributed by atoms with Crippen LogP contribution in [0.1, 0.15) is 30.7 Å². The summed E-state index contributed by atoms with van der Waals surface area (Å²) >= 11 is 6.29. The van der Waals surface area contributed by atoms with Crippen molar-refractivity contribution >= 4 is 41.0 Å². The summed E-state index contributed by atoms with van der Waals surface area (Å²) in [4.78, 5) is 27.8. The van der Waals surface area contributed by atoms with Gasteiger partial charge in [0, 0.05) is 56.5 Å². The summed E-state index contributed by atoms with van der Waals surface area (Å²) in [5, 5.41) is 15.8. The van der Waals surface area contributed by atoms with Gasteiger partial charge in [-0.25, -0.2) is 4.79 Å². The van der Waals surface area contributed by atoms with Crippen molar-refractivity contribution in [1.29, 1.82) is 0 Å². The maximum atomic E-state index is 11.8. The summed E-state index contributed by atoms with van der Waals surface area (Å²) in [7, 11) is 0. The van der Waals surface area contributed by atoms with Crippen molar-refractivity contribution in [2.24, 2.45) is 5.90 Å². The number of carbonyl (C=O) groups is 1. The van der Waals surface area contributed by atoms with E-state index in [2.05, 4.69) is 54.8 Å². The second-order valence-electron chi connectivity index (χ2n) is 8.11. The summed E-state index contributed by atoms with van der Waals surface area (Å²) in [6.07, 6.45) is 5.53.